The highest BCUT2D eigenvalue weighted by Gasteiger charge is 2.15. The van der Waals surface area contributed by atoms with Crippen LogP contribution in [0.15, 0.2) is 42.6 Å². The lowest BCUT2D eigenvalue weighted by molar-refractivity contribution is 0.142. The van der Waals surface area contributed by atoms with Crippen LogP contribution in [0.4, 0.5) is 0 Å². The Morgan fingerprint density at radius 1 is 1.25 bits per heavy atom. The van der Waals surface area contributed by atoms with Gasteiger partial charge >= 0.3 is 0 Å². The van der Waals surface area contributed by atoms with Gasteiger partial charge in [-0.05, 0) is 23.8 Å². The zero-order chi connectivity index (χ0) is 14.4. The average Bonchev–Trinajstić information content (AvgIpc) is 2.47. The third-order valence-electron chi connectivity index (χ3n) is 2.82. The van der Waals surface area contributed by atoms with Gasteiger partial charge in [-0.25, -0.2) is 4.98 Å². The van der Waals surface area contributed by atoms with Crippen molar-refractivity contribution < 1.29 is 14.6 Å². The molecular formula is C15H16ClNO3. The van der Waals surface area contributed by atoms with Gasteiger partial charge < -0.3 is 14.6 Å². The van der Waals surface area contributed by atoms with Gasteiger partial charge in [-0.1, -0.05) is 29.8 Å². The molecule has 0 radical (unpaired) electrons. The number of aliphatic hydroxyl groups excluding tert-OH is 1. The molecule has 0 aliphatic heterocycles. The summed E-state index contributed by atoms with van der Waals surface area (Å²) >= 11 is 5.85. The number of halogens is 1. The van der Waals surface area contributed by atoms with Crippen molar-refractivity contribution in [1.29, 1.82) is 0 Å². The minimum Gasteiger partial charge on any atom is -0.491 e. The number of nitrogens with zero attached hydrogens (tertiary/aromatic N) is 1. The fourth-order valence-corrected chi connectivity index (χ4v) is 2.02. The first-order chi connectivity index (χ1) is 9.72. The molecule has 0 spiro atoms. The van der Waals surface area contributed by atoms with E-state index >= 15 is 0 Å². The highest BCUT2D eigenvalue weighted by molar-refractivity contribution is 6.29. The van der Waals surface area contributed by atoms with E-state index in [2.05, 4.69) is 4.98 Å². The maximum Gasteiger partial charge on any atom is 0.129 e. The highest BCUT2D eigenvalue weighted by atomic mass is 35.5. The molecule has 0 saturated heterocycles. The zero-order valence-electron chi connectivity index (χ0n) is 11.1. The quantitative estimate of drug-likeness (QED) is 0.657. The summed E-state index contributed by atoms with van der Waals surface area (Å²) in [6.07, 6.45) is 0.754. The van der Waals surface area contributed by atoms with Gasteiger partial charge in [0, 0.05) is 18.9 Å². The Balaban J connectivity index is 2.23. The molecule has 0 fully saturated rings. The largest absolute Gasteiger partial charge is 0.491 e. The van der Waals surface area contributed by atoms with E-state index in [1.54, 1.807) is 25.4 Å². The number of ether oxygens (including phenoxy) is 2. The summed E-state index contributed by atoms with van der Waals surface area (Å²) in [7, 11) is 1.61. The van der Waals surface area contributed by atoms with Gasteiger partial charge in [0.15, 0.2) is 0 Å². The smallest absolute Gasteiger partial charge is 0.129 e. The SMILES string of the molecule is COCCOc1ccccc1C(O)c1ccnc(Cl)c1. The lowest BCUT2D eigenvalue weighted by atomic mass is 10.0. The van der Waals surface area contributed by atoms with Gasteiger partial charge in [-0.15, -0.1) is 0 Å². The molecule has 0 saturated carbocycles. The second-order valence-corrected chi connectivity index (χ2v) is 4.58. The van der Waals surface area contributed by atoms with Crippen LogP contribution in [0.25, 0.3) is 0 Å². The molecule has 20 heavy (non-hydrogen) atoms. The van der Waals surface area contributed by atoms with Crippen LogP contribution in [0.3, 0.4) is 0 Å². The number of aliphatic hydroxyl groups is 1. The van der Waals surface area contributed by atoms with Gasteiger partial charge in [-0.3, -0.25) is 0 Å². The Bertz CT molecular complexity index is 562. The first-order valence-corrected chi connectivity index (χ1v) is 6.60. The van der Waals surface area contributed by atoms with E-state index in [0.29, 0.717) is 35.2 Å². The van der Waals surface area contributed by atoms with E-state index in [9.17, 15) is 5.11 Å². The standard InChI is InChI=1S/C15H16ClNO3/c1-19-8-9-20-13-5-3-2-4-12(13)15(18)11-6-7-17-14(16)10-11/h2-7,10,15,18H,8-9H2,1H3. The zero-order valence-corrected chi connectivity index (χ0v) is 11.9. The molecule has 2 rings (SSSR count). The number of hydrogen-bond donors (Lipinski definition) is 1. The Labute approximate surface area is 122 Å². The normalized spacial score (nSPS) is 12.2. The molecule has 1 atom stereocenters. The van der Waals surface area contributed by atoms with Crippen molar-refractivity contribution >= 4 is 11.6 Å². The van der Waals surface area contributed by atoms with Crippen LogP contribution in [0.1, 0.15) is 17.2 Å². The van der Waals surface area contributed by atoms with Crippen LogP contribution in [0.2, 0.25) is 5.15 Å². The van der Waals surface area contributed by atoms with Crippen molar-refractivity contribution in [2.24, 2.45) is 0 Å². The van der Waals surface area contributed by atoms with E-state index in [-0.39, 0.29) is 0 Å². The maximum atomic E-state index is 10.5. The van der Waals surface area contributed by atoms with Gasteiger partial charge in [0.1, 0.15) is 23.6 Å². The van der Waals surface area contributed by atoms with Crippen molar-refractivity contribution in [3.63, 3.8) is 0 Å². The number of para-hydroxylation sites is 1. The Kier molecular flexibility index (Phi) is 5.35. The van der Waals surface area contributed by atoms with Gasteiger partial charge in [0.2, 0.25) is 0 Å². The molecule has 1 aromatic carbocycles. The average molecular weight is 294 g/mol. The van der Waals surface area contributed by atoms with Crippen molar-refractivity contribution in [3.05, 3.63) is 58.9 Å². The number of pyridine rings is 1. The van der Waals surface area contributed by atoms with Crippen LogP contribution >= 0.6 is 11.6 Å². The molecule has 106 valence electrons. The molecule has 0 aliphatic rings. The monoisotopic (exact) mass is 293 g/mol. The van der Waals surface area contributed by atoms with E-state index in [4.69, 9.17) is 21.1 Å². The van der Waals surface area contributed by atoms with Crippen LogP contribution in [0, 0.1) is 0 Å². The lowest BCUT2D eigenvalue weighted by Crippen LogP contribution is -2.08. The molecule has 1 N–H and O–H groups in total. The Hall–Kier alpha value is -1.62. The molecular weight excluding hydrogens is 278 g/mol. The predicted octanol–water partition coefficient (Wildman–Crippen LogP) is 2.84. The van der Waals surface area contributed by atoms with E-state index in [1.165, 1.54) is 0 Å². The molecule has 1 aromatic heterocycles. The first kappa shape index (κ1) is 14.8. The van der Waals surface area contributed by atoms with Gasteiger partial charge in [-0.2, -0.15) is 0 Å². The Morgan fingerprint density at radius 2 is 2.05 bits per heavy atom. The summed E-state index contributed by atoms with van der Waals surface area (Å²) < 4.78 is 10.6. The summed E-state index contributed by atoms with van der Waals surface area (Å²) in [5, 5.41) is 10.8. The molecule has 0 bridgehead atoms. The molecule has 0 amide bonds. The summed E-state index contributed by atoms with van der Waals surface area (Å²) in [6, 6.07) is 10.7. The molecule has 2 aromatic rings. The maximum absolute atomic E-state index is 10.5. The first-order valence-electron chi connectivity index (χ1n) is 6.22. The van der Waals surface area contributed by atoms with E-state index in [0.717, 1.165) is 0 Å². The van der Waals surface area contributed by atoms with Crippen LogP contribution in [-0.4, -0.2) is 30.4 Å². The van der Waals surface area contributed by atoms with Crippen LogP contribution < -0.4 is 4.74 Å². The predicted molar refractivity (Wildman–Crippen MR) is 77.1 cm³/mol. The number of hydrogen-bond acceptors (Lipinski definition) is 4. The van der Waals surface area contributed by atoms with Crippen molar-refractivity contribution in [2.45, 2.75) is 6.10 Å². The third kappa shape index (κ3) is 3.70. The van der Waals surface area contributed by atoms with Crippen molar-refractivity contribution in [2.75, 3.05) is 20.3 Å². The topological polar surface area (TPSA) is 51.6 Å². The molecule has 5 heteroatoms. The van der Waals surface area contributed by atoms with E-state index < -0.39 is 6.10 Å². The second kappa shape index (κ2) is 7.24. The number of benzene rings is 1. The minimum absolute atomic E-state index is 0.347. The number of rotatable bonds is 6. The summed E-state index contributed by atoms with van der Waals surface area (Å²) in [6.45, 7) is 0.919. The van der Waals surface area contributed by atoms with E-state index in [1.807, 2.05) is 24.3 Å². The molecule has 4 nitrogen and oxygen atoms in total. The number of methoxy groups -OCH3 is 1. The third-order valence-corrected chi connectivity index (χ3v) is 3.03. The van der Waals surface area contributed by atoms with Gasteiger partial charge in [0.05, 0.1) is 6.61 Å². The fourth-order valence-electron chi connectivity index (χ4n) is 1.84. The Morgan fingerprint density at radius 3 is 2.80 bits per heavy atom. The van der Waals surface area contributed by atoms with Crippen molar-refractivity contribution in [1.82, 2.24) is 4.98 Å². The second-order valence-electron chi connectivity index (χ2n) is 4.19. The number of aromatic nitrogens is 1. The van der Waals surface area contributed by atoms with Crippen molar-refractivity contribution in [3.8, 4) is 5.75 Å². The minimum atomic E-state index is -0.811. The molecule has 1 unspecified atom stereocenters. The molecule has 1 heterocycles. The summed E-state index contributed by atoms with van der Waals surface area (Å²) in [5.41, 5.74) is 1.36. The summed E-state index contributed by atoms with van der Waals surface area (Å²) in [5.74, 6) is 0.630. The molecule has 0 aliphatic carbocycles. The van der Waals surface area contributed by atoms with Gasteiger partial charge in [0.25, 0.3) is 0 Å². The highest BCUT2D eigenvalue weighted by Crippen LogP contribution is 2.30. The van der Waals surface area contributed by atoms with Crippen LogP contribution in [0.5, 0.6) is 5.75 Å². The lowest BCUT2D eigenvalue weighted by Gasteiger charge is -2.16. The summed E-state index contributed by atoms with van der Waals surface area (Å²) in [4.78, 5) is 3.91. The van der Waals surface area contributed by atoms with Crippen LogP contribution in [-0.2, 0) is 4.74 Å². The fraction of sp³-hybridized carbons (Fsp3) is 0.267.